The molecule has 0 atom stereocenters. The summed E-state index contributed by atoms with van der Waals surface area (Å²) in [4.78, 5) is 16.1. The number of rotatable bonds is 5. The minimum Gasteiger partial charge on any atom is -0.267 e. The van der Waals surface area contributed by atoms with Gasteiger partial charge in [-0.3, -0.25) is 9.78 Å². The van der Waals surface area contributed by atoms with Crippen molar-refractivity contribution in [2.75, 3.05) is 0 Å². The molecule has 1 N–H and O–H groups in total. The molecule has 2 heterocycles. The van der Waals surface area contributed by atoms with Gasteiger partial charge in [-0.05, 0) is 24.3 Å². The molecular weight excluding hydrogens is 350 g/mol. The Morgan fingerprint density at radius 2 is 1.71 bits per heavy atom. The van der Waals surface area contributed by atoms with E-state index in [1.54, 1.807) is 29.2 Å². The number of carbonyl (C=O) groups is 1. The third-order valence-corrected chi connectivity index (χ3v) is 4.10. The van der Waals surface area contributed by atoms with Crippen LogP contribution >= 0.6 is 0 Å². The van der Waals surface area contributed by atoms with Gasteiger partial charge in [0.1, 0.15) is 5.69 Å². The normalized spacial score (nSPS) is 10.9. The van der Waals surface area contributed by atoms with Crippen molar-refractivity contribution in [3.05, 3.63) is 103 Å². The van der Waals surface area contributed by atoms with Gasteiger partial charge in [-0.2, -0.15) is 10.2 Å². The van der Waals surface area contributed by atoms with Crippen LogP contribution < -0.4 is 5.43 Å². The Hall–Kier alpha value is -4.06. The molecule has 0 unspecified atom stereocenters. The predicted octanol–water partition coefficient (Wildman–Crippen LogP) is 3.70. The molecule has 0 aliphatic heterocycles. The van der Waals surface area contributed by atoms with E-state index in [1.807, 2.05) is 66.9 Å². The third-order valence-electron chi connectivity index (χ3n) is 4.10. The zero-order chi connectivity index (χ0) is 19.2. The van der Waals surface area contributed by atoms with Crippen molar-refractivity contribution in [3.8, 4) is 16.9 Å². The lowest BCUT2D eigenvalue weighted by Gasteiger charge is -2.00. The van der Waals surface area contributed by atoms with Crippen molar-refractivity contribution in [2.45, 2.75) is 0 Å². The van der Waals surface area contributed by atoms with Crippen LogP contribution in [0.4, 0.5) is 0 Å². The van der Waals surface area contributed by atoms with Crippen molar-refractivity contribution < 1.29 is 4.79 Å². The number of benzene rings is 2. The third kappa shape index (κ3) is 3.86. The summed E-state index contributed by atoms with van der Waals surface area (Å²) in [5.41, 5.74) is 6.46. The Morgan fingerprint density at radius 1 is 0.964 bits per heavy atom. The van der Waals surface area contributed by atoms with Crippen molar-refractivity contribution in [1.82, 2.24) is 20.2 Å². The SMILES string of the molecule is O=C(N/N=C\c1cn(-c2ccccc2)nc1-c1ccccc1)c1cccnc1. The number of carbonyl (C=O) groups excluding carboxylic acids is 1. The molecule has 4 aromatic rings. The van der Waals surface area contributed by atoms with Crippen LogP contribution in [0.2, 0.25) is 0 Å². The van der Waals surface area contributed by atoms with E-state index in [1.165, 1.54) is 6.20 Å². The van der Waals surface area contributed by atoms with Crippen molar-refractivity contribution in [3.63, 3.8) is 0 Å². The maximum Gasteiger partial charge on any atom is 0.272 e. The predicted molar refractivity (Wildman–Crippen MR) is 108 cm³/mol. The number of pyridine rings is 1. The van der Waals surface area contributed by atoms with E-state index in [4.69, 9.17) is 5.10 Å². The van der Waals surface area contributed by atoms with Crippen LogP contribution in [-0.2, 0) is 0 Å². The van der Waals surface area contributed by atoms with Crippen molar-refractivity contribution >= 4 is 12.1 Å². The fourth-order valence-corrected chi connectivity index (χ4v) is 2.74. The molecule has 0 fully saturated rings. The fourth-order valence-electron chi connectivity index (χ4n) is 2.74. The number of hydrogen-bond acceptors (Lipinski definition) is 4. The first-order valence-electron chi connectivity index (χ1n) is 8.75. The van der Waals surface area contributed by atoms with Gasteiger partial charge in [0, 0.05) is 29.7 Å². The highest BCUT2D eigenvalue weighted by Gasteiger charge is 2.11. The fraction of sp³-hybridized carbons (Fsp3) is 0. The summed E-state index contributed by atoms with van der Waals surface area (Å²) >= 11 is 0. The maximum absolute atomic E-state index is 12.1. The molecule has 2 aromatic carbocycles. The van der Waals surface area contributed by atoms with E-state index in [2.05, 4.69) is 15.5 Å². The number of nitrogens with zero attached hydrogens (tertiary/aromatic N) is 4. The van der Waals surface area contributed by atoms with Crippen LogP contribution in [0.1, 0.15) is 15.9 Å². The van der Waals surface area contributed by atoms with Gasteiger partial charge in [-0.25, -0.2) is 10.1 Å². The van der Waals surface area contributed by atoms with Gasteiger partial charge in [0.2, 0.25) is 0 Å². The summed E-state index contributed by atoms with van der Waals surface area (Å²) in [5, 5.41) is 8.81. The average Bonchev–Trinajstić information content (AvgIpc) is 3.20. The van der Waals surface area contributed by atoms with Gasteiger partial charge >= 0.3 is 0 Å². The quantitative estimate of drug-likeness (QED) is 0.432. The Labute approximate surface area is 162 Å². The Bertz CT molecular complexity index is 1090. The van der Waals surface area contributed by atoms with Crippen LogP contribution in [0.3, 0.4) is 0 Å². The number of hydrazone groups is 1. The lowest BCUT2D eigenvalue weighted by Crippen LogP contribution is -2.17. The van der Waals surface area contributed by atoms with Crippen LogP contribution in [0.15, 0.2) is 96.5 Å². The number of nitrogens with one attached hydrogen (secondary N) is 1. The molecule has 4 rings (SSSR count). The molecule has 0 saturated carbocycles. The highest BCUT2D eigenvalue weighted by Crippen LogP contribution is 2.22. The molecule has 0 saturated heterocycles. The van der Waals surface area contributed by atoms with Crippen LogP contribution in [0.5, 0.6) is 0 Å². The van der Waals surface area contributed by atoms with E-state index in [0.717, 1.165) is 22.5 Å². The Kier molecular flexibility index (Phi) is 5.02. The molecule has 0 bridgehead atoms. The second kappa shape index (κ2) is 8.09. The van der Waals surface area contributed by atoms with E-state index in [0.29, 0.717) is 5.56 Å². The molecular formula is C22H17N5O. The smallest absolute Gasteiger partial charge is 0.267 e. The molecule has 6 heteroatoms. The molecule has 0 spiro atoms. The summed E-state index contributed by atoms with van der Waals surface area (Å²) in [6, 6.07) is 23.1. The second-order valence-electron chi connectivity index (χ2n) is 6.02. The average molecular weight is 367 g/mol. The highest BCUT2D eigenvalue weighted by molar-refractivity contribution is 5.95. The summed E-state index contributed by atoms with van der Waals surface area (Å²) in [6.07, 6.45) is 6.60. The molecule has 28 heavy (non-hydrogen) atoms. The van der Waals surface area contributed by atoms with E-state index >= 15 is 0 Å². The molecule has 6 nitrogen and oxygen atoms in total. The Morgan fingerprint density at radius 3 is 2.43 bits per heavy atom. The number of aromatic nitrogens is 3. The first kappa shape index (κ1) is 17.4. The molecule has 1 amide bonds. The van der Waals surface area contributed by atoms with Crippen LogP contribution in [-0.4, -0.2) is 26.9 Å². The largest absolute Gasteiger partial charge is 0.272 e. The minimum absolute atomic E-state index is 0.318. The molecule has 2 aromatic heterocycles. The molecule has 136 valence electrons. The summed E-state index contributed by atoms with van der Waals surface area (Å²) in [6.45, 7) is 0. The van der Waals surface area contributed by atoms with Gasteiger partial charge in [-0.15, -0.1) is 0 Å². The topological polar surface area (TPSA) is 72.2 Å². The highest BCUT2D eigenvalue weighted by atomic mass is 16.2. The lowest BCUT2D eigenvalue weighted by atomic mass is 10.1. The van der Waals surface area contributed by atoms with Crippen molar-refractivity contribution in [1.29, 1.82) is 0 Å². The summed E-state index contributed by atoms with van der Waals surface area (Å²) in [5.74, 6) is -0.318. The first-order chi connectivity index (χ1) is 13.8. The van der Waals surface area contributed by atoms with Gasteiger partial charge in [0.15, 0.2) is 0 Å². The zero-order valence-electron chi connectivity index (χ0n) is 14.9. The standard InChI is InChI=1S/C22H17N5O/c28-22(18-10-7-13-23-14-18)25-24-15-19-16-27(20-11-5-2-6-12-20)26-21(19)17-8-3-1-4-9-17/h1-16H,(H,25,28)/b24-15-. The van der Waals surface area contributed by atoms with E-state index in [9.17, 15) is 4.79 Å². The van der Waals surface area contributed by atoms with Crippen LogP contribution in [0, 0.1) is 0 Å². The van der Waals surface area contributed by atoms with Gasteiger partial charge < -0.3 is 0 Å². The van der Waals surface area contributed by atoms with E-state index < -0.39 is 0 Å². The van der Waals surface area contributed by atoms with Crippen molar-refractivity contribution in [2.24, 2.45) is 5.10 Å². The van der Waals surface area contributed by atoms with Crippen LogP contribution in [0.25, 0.3) is 16.9 Å². The molecule has 0 aliphatic carbocycles. The molecule has 0 aliphatic rings. The second-order valence-corrected chi connectivity index (χ2v) is 6.02. The zero-order valence-corrected chi connectivity index (χ0v) is 14.9. The lowest BCUT2D eigenvalue weighted by molar-refractivity contribution is 0.0955. The monoisotopic (exact) mass is 367 g/mol. The summed E-state index contributed by atoms with van der Waals surface area (Å²) < 4.78 is 1.80. The molecule has 0 radical (unpaired) electrons. The summed E-state index contributed by atoms with van der Waals surface area (Å²) in [7, 11) is 0. The van der Waals surface area contributed by atoms with Gasteiger partial charge in [0.25, 0.3) is 5.91 Å². The Balaban J connectivity index is 1.63. The minimum atomic E-state index is -0.318. The van der Waals surface area contributed by atoms with Gasteiger partial charge in [0.05, 0.1) is 17.5 Å². The van der Waals surface area contributed by atoms with Gasteiger partial charge in [-0.1, -0.05) is 48.5 Å². The number of para-hydroxylation sites is 1. The number of amides is 1. The number of hydrogen-bond donors (Lipinski definition) is 1. The first-order valence-corrected chi connectivity index (χ1v) is 8.75. The maximum atomic E-state index is 12.1. The van der Waals surface area contributed by atoms with E-state index in [-0.39, 0.29) is 5.91 Å².